The summed E-state index contributed by atoms with van der Waals surface area (Å²) in [6, 6.07) is 33.9. The summed E-state index contributed by atoms with van der Waals surface area (Å²) in [5, 5.41) is 19.5. The number of carboxylic acids is 2. The quantitative estimate of drug-likeness (QED) is 0.132. The van der Waals surface area contributed by atoms with Gasteiger partial charge in [0.15, 0.2) is 0 Å². The Kier molecular flexibility index (Phi) is 10.4. The van der Waals surface area contributed by atoms with Gasteiger partial charge in [-0.2, -0.15) is 26.3 Å². The maximum absolute atomic E-state index is 15.8. The highest BCUT2D eigenvalue weighted by Crippen LogP contribution is 2.57. The summed E-state index contributed by atoms with van der Waals surface area (Å²) in [7, 11) is 0. The van der Waals surface area contributed by atoms with Crippen LogP contribution in [0, 0.1) is 23.7 Å². The van der Waals surface area contributed by atoms with E-state index < -0.39 is 63.1 Å². The summed E-state index contributed by atoms with van der Waals surface area (Å²) in [5.74, 6) is 7.03. The zero-order valence-corrected chi connectivity index (χ0v) is 28.3. The Labute approximate surface area is 311 Å². The van der Waals surface area contributed by atoms with E-state index in [2.05, 4.69) is 23.7 Å². The van der Waals surface area contributed by atoms with Crippen molar-refractivity contribution in [2.75, 3.05) is 0 Å². The molecule has 0 atom stereocenters. The van der Waals surface area contributed by atoms with Gasteiger partial charge in [0.05, 0.1) is 11.1 Å². The van der Waals surface area contributed by atoms with Crippen molar-refractivity contribution in [3.8, 4) is 45.9 Å². The van der Waals surface area contributed by atoms with Crippen molar-refractivity contribution in [1.29, 1.82) is 0 Å². The van der Waals surface area contributed by atoms with Crippen LogP contribution >= 0.6 is 0 Å². The van der Waals surface area contributed by atoms with E-state index in [-0.39, 0.29) is 11.1 Å². The fourth-order valence-corrected chi connectivity index (χ4v) is 6.32. The number of aromatic carboxylic acids is 2. The van der Waals surface area contributed by atoms with Crippen LogP contribution in [0.2, 0.25) is 0 Å². The number of benzene rings is 6. The Morgan fingerprint density at radius 1 is 0.418 bits per heavy atom. The summed E-state index contributed by atoms with van der Waals surface area (Å²) in [6.45, 7) is 0. The molecule has 6 aromatic rings. The third-order valence-electron chi connectivity index (χ3n) is 8.88. The molecule has 0 saturated heterocycles. The van der Waals surface area contributed by atoms with E-state index in [9.17, 15) is 19.8 Å². The molecule has 0 heterocycles. The summed E-state index contributed by atoms with van der Waals surface area (Å²) in [6.07, 6.45) is -12.3. The highest BCUT2D eigenvalue weighted by atomic mass is 19.4. The van der Waals surface area contributed by atoms with Crippen LogP contribution in [0.1, 0.15) is 54.1 Å². The fraction of sp³-hybridized carbons (Fsp3) is 0.0667. The summed E-state index contributed by atoms with van der Waals surface area (Å²) in [4.78, 5) is 24.1. The lowest BCUT2D eigenvalue weighted by Gasteiger charge is -2.39. The summed E-state index contributed by atoms with van der Waals surface area (Å²) < 4.78 is 94.6. The fourth-order valence-electron chi connectivity index (χ4n) is 6.32. The molecule has 0 bridgehead atoms. The van der Waals surface area contributed by atoms with E-state index in [0.29, 0.717) is 58.7 Å². The van der Waals surface area contributed by atoms with Gasteiger partial charge in [-0.1, -0.05) is 133 Å². The van der Waals surface area contributed by atoms with Gasteiger partial charge in [-0.15, -0.1) is 0 Å². The first-order chi connectivity index (χ1) is 26.2. The summed E-state index contributed by atoms with van der Waals surface area (Å²) >= 11 is 0. The van der Waals surface area contributed by atoms with Crippen LogP contribution in [-0.2, 0) is 5.41 Å². The first kappa shape index (κ1) is 37.7. The zero-order valence-electron chi connectivity index (χ0n) is 28.3. The maximum atomic E-state index is 15.8. The number of hydrogen-bond acceptors (Lipinski definition) is 2. The van der Waals surface area contributed by atoms with Gasteiger partial charge in [-0.3, -0.25) is 0 Å². The van der Waals surface area contributed by atoms with E-state index in [4.69, 9.17) is 0 Å². The minimum Gasteiger partial charge on any atom is -0.478 e. The molecule has 0 radical (unpaired) electrons. The predicted molar refractivity (Wildman–Crippen MR) is 195 cm³/mol. The minimum absolute atomic E-state index is 0.249. The third kappa shape index (κ3) is 7.44. The van der Waals surface area contributed by atoms with Crippen LogP contribution in [0.3, 0.4) is 0 Å². The van der Waals surface area contributed by atoms with Gasteiger partial charge in [0.1, 0.15) is 0 Å². The Balaban J connectivity index is 1.66. The molecule has 0 amide bonds. The second kappa shape index (κ2) is 15.1. The van der Waals surface area contributed by atoms with Gasteiger partial charge in [0, 0.05) is 22.3 Å². The molecule has 4 nitrogen and oxygen atoms in total. The Bertz CT molecular complexity index is 2360. The highest BCUT2D eigenvalue weighted by Gasteiger charge is 2.73. The Morgan fingerprint density at radius 3 is 1.09 bits per heavy atom. The molecule has 0 saturated carbocycles. The van der Waals surface area contributed by atoms with Crippen LogP contribution in [0.5, 0.6) is 0 Å². The maximum Gasteiger partial charge on any atom is 0.411 e. The molecule has 55 heavy (non-hydrogen) atoms. The molecular weight excluding hydrogens is 718 g/mol. The van der Waals surface area contributed by atoms with Crippen molar-refractivity contribution in [3.63, 3.8) is 0 Å². The molecule has 10 heteroatoms. The molecule has 0 aliphatic heterocycles. The van der Waals surface area contributed by atoms with E-state index in [1.54, 1.807) is 97.1 Å². The van der Waals surface area contributed by atoms with Crippen LogP contribution in [0.15, 0.2) is 146 Å². The van der Waals surface area contributed by atoms with Gasteiger partial charge >= 0.3 is 24.3 Å². The molecule has 0 spiro atoms. The topological polar surface area (TPSA) is 74.6 Å². The van der Waals surface area contributed by atoms with Crippen LogP contribution in [0.25, 0.3) is 22.3 Å². The van der Waals surface area contributed by atoms with Gasteiger partial charge in [0.2, 0.25) is 5.41 Å². The van der Waals surface area contributed by atoms with Crippen LogP contribution in [-0.4, -0.2) is 34.5 Å². The molecule has 272 valence electrons. The second-order valence-electron chi connectivity index (χ2n) is 12.2. The second-order valence-corrected chi connectivity index (χ2v) is 12.2. The molecule has 0 fully saturated rings. The van der Waals surface area contributed by atoms with E-state index in [1.165, 1.54) is 12.1 Å². The van der Waals surface area contributed by atoms with E-state index in [0.717, 1.165) is 0 Å². The Morgan fingerprint density at radius 2 is 0.745 bits per heavy atom. The molecule has 0 aromatic heterocycles. The predicted octanol–water partition coefficient (Wildman–Crippen LogP) is 10.6. The molecule has 0 aliphatic rings. The van der Waals surface area contributed by atoms with E-state index in [1.807, 2.05) is 0 Å². The number of hydrogen-bond donors (Lipinski definition) is 2. The molecule has 2 N–H and O–H groups in total. The first-order valence-corrected chi connectivity index (χ1v) is 16.4. The molecule has 6 aromatic carbocycles. The lowest BCUT2D eigenvalue weighted by Crippen LogP contribution is -2.55. The lowest BCUT2D eigenvalue weighted by atomic mass is 9.69. The zero-order chi connectivity index (χ0) is 39.4. The van der Waals surface area contributed by atoms with Crippen molar-refractivity contribution in [2.24, 2.45) is 0 Å². The largest absolute Gasteiger partial charge is 0.478 e. The van der Waals surface area contributed by atoms with Gasteiger partial charge in [0.25, 0.3) is 0 Å². The third-order valence-corrected chi connectivity index (χ3v) is 8.88. The van der Waals surface area contributed by atoms with Gasteiger partial charge < -0.3 is 10.2 Å². The molecule has 0 aliphatic carbocycles. The monoisotopic (exact) mass is 744 g/mol. The van der Waals surface area contributed by atoms with Crippen molar-refractivity contribution in [3.05, 3.63) is 190 Å². The smallest absolute Gasteiger partial charge is 0.411 e. The lowest BCUT2D eigenvalue weighted by molar-refractivity contribution is -0.288. The molecular formula is C45H26F6O4. The standard InChI is InChI=1S/C45H26F6O4/c46-44(47,48)43(45(49,50)51,39-25-23-35(41(52)53)27-33(39)21-19-31-15-7-9-17-37(31)29-11-3-1-4-12-29)40-26-24-36(42(54)55)28-34(40)22-20-32-16-8-10-18-38(32)30-13-5-2-6-14-30/h1-18,23-28H,(H,52,53)(H,54,55). The minimum atomic E-state index is -6.16. The number of halogens is 6. The van der Waals surface area contributed by atoms with Crippen molar-refractivity contribution in [2.45, 2.75) is 17.8 Å². The normalized spacial score (nSPS) is 11.5. The molecule has 6 rings (SSSR count). The first-order valence-electron chi connectivity index (χ1n) is 16.4. The average molecular weight is 745 g/mol. The van der Waals surface area contributed by atoms with Gasteiger partial charge in [-0.25, -0.2) is 9.59 Å². The van der Waals surface area contributed by atoms with Crippen molar-refractivity contribution < 1.29 is 46.1 Å². The summed E-state index contributed by atoms with van der Waals surface area (Å²) in [5.41, 5.74) is -7.77. The Hall–Kier alpha value is -7.04. The van der Waals surface area contributed by atoms with Crippen molar-refractivity contribution >= 4 is 11.9 Å². The average Bonchev–Trinajstić information content (AvgIpc) is 3.17. The van der Waals surface area contributed by atoms with E-state index >= 15 is 26.3 Å². The number of carbonyl (C=O) groups is 2. The van der Waals surface area contributed by atoms with Crippen LogP contribution in [0.4, 0.5) is 26.3 Å². The highest BCUT2D eigenvalue weighted by molar-refractivity contribution is 5.89. The number of alkyl halides is 6. The van der Waals surface area contributed by atoms with Crippen LogP contribution < -0.4 is 0 Å². The van der Waals surface area contributed by atoms with Gasteiger partial charge in [-0.05, 0) is 69.8 Å². The SMILES string of the molecule is O=C(O)c1ccc(C(c2ccc(C(=O)O)cc2C#Cc2ccccc2-c2ccccc2)(C(F)(F)F)C(F)(F)F)c(C#Cc2ccccc2-c2ccccc2)c1. The molecule has 0 unspecified atom stereocenters. The number of carboxylic acid groups (broad SMARTS) is 2. The van der Waals surface area contributed by atoms with Crippen molar-refractivity contribution in [1.82, 2.24) is 0 Å². The number of rotatable bonds is 6.